The number of fused-ring (bicyclic) bond motifs is 1. The molecule has 0 N–H and O–H groups in total. The minimum atomic E-state index is -0.610. The third kappa shape index (κ3) is 3.93. The number of Topliss-reactive ketones (excluding diaryl/α,β-unsaturated/α-hetero) is 2. The predicted molar refractivity (Wildman–Crippen MR) is 98.5 cm³/mol. The summed E-state index contributed by atoms with van der Waals surface area (Å²) in [5, 5.41) is 0.579. The van der Waals surface area contributed by atoms with Crippen molar-refractivity contribution in [1.82, 2.24) is 4.90 Å². The first-order valence-electron chi connectivity index (χ1n) is 9.00. The number of nitrogens with zero attached hydrogens (tertiary/aromatic N) is 1. The molecule has 6 heteroatoms. The van der Waals surface area contributed by atoms with Crippen LogP contribution >= 0.6 is 11.6 Å². The molecule has 0 bridgehead atoms. The van der Waals surface area contributed by atoms with Crippen LogP contribution in [0.1, 0.15) is 49.5 Å². The minimum absolute atomic E-state index is 0.00818. The van der Waals surface area contributed by atoms with Crippen molar-refractivity contribution in [3.8, 4) is 0 Å². The fourth-order valence-electron chi connectivity index (χ4n) is 3.66. The Morgan fingerprint density at radius 2 is 1.85 bits per heavy atom. The van der Waals surface area contributed by atoms with Gasteiger partial charge in [-0.1, -0.05) is 11.6 Å². The van der Waals surface area contributed by atoms with Crippen LogP contribution in [0.2, 0.25) is 5.02 Å². The minimum Gasteiger partial charge on any atom is -0.444 e. The zero-order valence-electron chi connectivity index (χ0n) is 15.4. The topological polar surface area (TPSA) is 63.7 Å². The molecular formula is C20H24ClNO4. The third-order valence-corrected chi connectivity index (χ3v) is 5.20. The van der Waals surface area contributed by atoms with Crippen LogP contribution in [0.4, 0.5) is 4.79 Å². The van der Waals surface area contributed by atoms with E-state index in [1.165, 1.54) is 0 Å². The maximum atomic E-state index is 12.9. The van der Waals surface area contributed by atoms with Gasteiger partial charge in [-0.15, -0.1) is 0 Å². The van der Waals surface area contributed by atoms with Crippen LogP contribution in [0.15, 0.2) is 18.2 Å². The van der Waals surface area contributed by atoms with Gasteiger partial charge >= 0.3 is 6.09 Å². The molecule has 0 spiro atoms. The predicted octanol–water partition coefficient (Wildman–Crippen LogP) is 3.91. The van der Waals surface area contributed by atoms with Gasteiger partial charge < -0.3 is 9.64 Å². The Bertz CT molecular complexity index is 745. The number of hydrogen-bond acceptors (Lipinski definition) is 4. The van der Waals surface area contributed by atoms with E-state index in [4.69, 9.17) is 16.3 Å². The molecule has 1 aliphatic heterocycles. The molecule has 1 amide bonds. The Hall–Kier alpha value is -1.88. The number of halogens is 1. The summed E-state index contributed by atoms with van der Waals surface area (Å²) in [6, 6.07) is 5.16. The van der Waals surface area contributed by atoms with Crippen LogP contribution in [0.3, 0.4) is 0 Å². The number of carbonyl (C=O) groups is 3. The van der Waals surface area contributed by atoms with E-state index in [9.17, 15) is 14.4 Å². The van der Waals surface area contributed by atoms with E-state index in [-0.39, 0.29) is 23.6 Å². The molecule has 2 aliphatic rings. The Morgan fingerprint density at radius 1 is 1.19 bits per heavy atom. The molecule has 0 aromatic heterocycles. The van der Waals surface area contributed by atoms with Crippen LogP contribution in [0.25, 0.3) is 0 Å². The zero-order valence-corrected chi connectivity index (χ0v) is 16.1. The standard InChI is InChI=1S/C20H24ClNO4/c1-20(2,3)26-19(25)22-8-6-12(7-9-22)17(23)16-11-13-10-14(21)4-5-15(13)18(16)24/h4-5,10,12,16H,6-9,11H2,1-3H3. The van der Waals surface area contributed by atoms with Gasteiger partial charge in [-0.05, 0) is 63.8 Å². The average Bonchev–Trinajstić information content (AvgIpc) is 2.89. The van der Waals surface area contributed by atoms with Gasteiger partial charge in [-0.25, -0.2) is 4.79 Å². The van der Waals surface area contributed by atoms with Crippen LogP contribution in [0.5, 0.6) is 0 Å². The van der Waals surface area contributed by atoms with Crippen molar-refractivity contribution in [3.63, 3.8) is 0 Å². The van der Waals surface area contributed by atoms with E-state index < -0.39 is 11.5 Å². The fourth-order valence-corrected chi connectivity index (χ4v) is 3.85. The number of ether oxygens (including phenoxy) is 1. The highest BCUT2D eigenvalue weighted by Crippen LogP contribution is 2.33. The summed E-state index contributed by atoms with van der Waals surface area (Å²) in [5.41, 5.74) is 0.929. The Kier molecular flexibility index (Phi) is 5.11. The Balaban J connectivity index is 1.60. The van der Waals surface area contributed by atoms with E-state index >= 15 is 0 Å². The van der Waals surface area contributed by atoms with Gasteiger partial charge in [-0.2, -0.15) is 0 Å². The van der Waals surface area contributed by atoms with Crippen molar-refractivity contribution in [2.75, 3.05) is 13.1 Å². The number of amides is 1. The van der Waals surface area contributed by atoms with E-state index in [2.05, 4.69) is 0 Å². The highest BCUT2D eigenvalue weighted by molar-refractivity contribution is 6.31. The lowest BCUT2D eigenvalue weighted by Crippen LogP contribution is -2.44. The molecule has 26 heavy (non-hydrogen) atoms. The van der Waals surface area contributed by atoms with E-state index in [1.54, 1.807) is 23.1 Å². The summed E-state index contributed by atoms with van der Waals surface area (Å²) in [5.74, 6) is -0.906. The number of carbonyl (C=O) groups excluding carboxylic acids is 3. The molecule has 0 radical (unpaired) electrons. The SMILES string of the molecule is CC(C)(C)OC(=O)N1CCC(C(=O)C2Cc3cc(Cl)ccc3C2=O)CC1. The highest BCUT2D eigenvalue weighted by Gasteiger charge is 2.40. The summed E-state index contributed by atoms with van der Waals surface area (Å²) in [6.45, 7) is 6.44. The summed E-state index contributed by atoms with van der Waals surface area (Å²) in [7, 11) is 0. The largest absolute Gasteiger partial charge is 0.444 e. The molecule has 1 atom stereocenters. The molecular weight excluding hydrogens is 354 g/mol. The van der Waals surface area contributed by atoms with Gasteiger partial charge in [0.2, 0.25) is 0 Å². The van der Waals surface area contributed by atoms with Crippen LogP contribution < -0.4 is 0 Å². The van der Waals surface area contributed by atoms with Crippen molar-refractivity contribution in [1.29, 1.82) is 0 Å². The second-order valence-electron chi connectivity index (χ2n) is 8.07. The molecule has 3 rings (SSSR count). The van der Waals surface area contributed by atoms with Crippen molar-refractivity contribution in [2.24, 2.45) is 11.8 Å². The Labute approximate surface area is 158 Å². The van der Waals surface area contributed by atoms with Crippen molar-refractivity contribution in [3.05, 3.63) is 34.3 Å². The van der Waals surface area contributed by atoms with Gasteiger partial charge in [0, 0.05) is 29.6 Å². The second-order valence-corrected chi connectivity index (χ2v) is 8.50. The summed E-state index contributed by atoms with van der Waals surface area (Å²) in [4.78, 5) is 39.2. The molecule has 1 aliphatic carbocycles. The second kappa shape index (κ2) is 7.03. The van der Waals surface area contributed by atoms with Crippen LogP contribution in [-0.2, 0) is 16.0 Å². The monoisotopic (exact) mass is 377 g/mol. The highest BCUT2D eigenvalue weighted by atomic mass is 35.5. The van der Waals surface area contributed by atoms with Crippen LogP contribution in [0, 0.1) is 11.8 Å². The molecule has 1 fully saturated rings. The first kappa shape index (κ1) is 18.9. The molecule has 1 aromatic rings. The number of benzene rings is 1. The number of hydrogen-bond donors (Lipinski definition) is 0. The summed E-state index contributed by atoms with van der Waals surface area (Å²) >= 11 is 5.99. The molecule has 1 saturated heterocycles. The number of rotatable bonds is 2. The smallest absolute Gasteiger partial charge is 0.410 e. The van der Waals surface area contributed by atoms with Gasteiger partial charge in [0.25, 0.3) is 0 Å². The van der Waals surface area contributed by atoms with E-state index in [0.717, 1.165) is 5.56 Å². The fraction of sp³-hybridized carbons (Fsp3) is 0.550. The van der Waals surface area contributed by atoms with Gasteiger partial charge in [0.05, 0.1) is 5.92 Å². The average molecular weight is 378 g/mol. The van der Waals surface area contributed by atoms with Crippen molar-refractivity contribution < 1.29 is 19.1 Å². The molecule has 5 nitrogen and oxygen atoms in total. The number of ketones is 2. The van der Waals surface area contributed by atoms with Gasteiger partial charge in [0.15, 0.2) is 5.78 Å². The third-order valence-electron chi connectivity index (χ3n) is 4.97. The molecule has 1 heterocycles. The Morgan fingerprint density at radius 3 is 2.46 bits per heavy atom. The van der Waals surface area contributed by atoms with E-state index in [0.29, 0.717) is 42.9 Å². The maximum Gasteiger partial charge on any atom is 0.410 e. The molecule has 1 aromatic carbocycles. The van der Waals surface area contributed by atoms with Crippen LogP contribution in [-0.4, -0.2) is 41.3 Å². The number of piperidine rings is 1. The normalized spacial score (nSPS) is 20.8. The lowest BCUT2D eigenvalue weighted by molar-refractivity contribution is -0.126. The first-order chi connectivity index (χ1) is 12.2. The molecule has 0 saturated carbocycles. The first-order valence-corrected chi connectivity index (χ1v) is 9.38. The lowest BCUT2D eigenvalue weighted by atomic mass is 9.84. The quantitative estimate of drug-likeness (QED) is 0.733. The van der Waals surface area contributed by atoms with Crippen molar-refractivity contribution in [2.45, 2.75) is 45.6 Å². The van der Waals surface area contributed by atoms with Gasteiger partial charge in [-0.3, -0.25) is 9.59 Å². The lowest BCUT2D eigenvalue weighted by Gasteiger charge is -2.33. The molecule has 140 valence electrons. The summed E-state index contributed by atoms with van der Waals surface area (Å²) < 4.78 is 5.38. The zero-order chi connectivity index (χ0) is 19.1. The number of likely N-dealkylation sites (tertiary alicyclic amines) is 1. The van der Waals surface area contributed by atoms with Gasteiger partial charge in [0.1, 0.15) is 11.4 Å². The maximum absolute atomic E-state index is 12.9. The van der Waals surface area contributed by atoms with E-state index in [1.807, 2.05) is 20.8 Å². The molecule has 1 unspecified atom stereocenters. The summed E-state index contributed by atoms with van der Waals surface area (Å²) in [6.07, 6.45) is 1.22. The van der Waals surface area contributed by atoms with Crippen molar-refractivity contribution >= 4 is 29.3 Å².